The smallest absolute Gasteiger partial charge is 0.304 e. The van der Waals surface area contributed by atoms with Gasteiger partial charge in [0.1, 0.15) is 0 Å². The fraction of sp³-hybridized carbons (Fsp3) is 0. The number of anilines is 1. The second-order valence-electron chi connectivity index (χ2n) is 4.00. The molecule has 0 unspecified atom stereocenters. The number of carbonyl (C=O) groups is 1. The van der Waals surface area contributed by atoms with E-state index >= 15 is 0 Å². The van der Waals surface area contributed by atoms with Crippen LogP contribution in [-0.4, -0.2) is 10.8 Å². The number of halogens is 3. The third kappa shape index (κ3) is 3.56. The van der Waals surface area contributed by atoms with Gasteiger partial charge < -0.3 is 5.32 Å². The molecule has 0 saturated heterocycles. The number of nitro benzene ring substituents is 1. The van der Waals surface area contributed by atoms with Crippen molar-refractivity contribution in [1.29, 1.82) is 0 Å². The first kappa shape index (κ1) is 15.4. The third-order valence-corrected chi connectivity index (χ3v) is 3.51. The highest BCUT2D eigenvalue weighted by molar-refractivity contribution is 9.10. The lowest BCUT2D eigenvalue weighted by molar-refractivity contribution is -0.387. The van der Waals surface area contributed by atoms with Gasteiger partial charge in [0.05, 0.1) is 10.6 Å². The third-order valence-electron chi connectivity index (χ3n) is 2.58. The van der Waals surface area contributed by atoms with Gasteiger partial charge in [0, 0.05) is 21.1 Å². The van der Waals surface area contributed by atoms with Crippen molar-refractivity contribution in [3.63, 3.8) is 0 Å². The van der Waals surface area contributed by atoms with E-state index in [1.807, 2.05) is 0 Å². The van der Waals surface area contributed by atoms with E-state index in [1.165, 1.54) is 12.1 Å². The maximum atomic E-state index is 13.5. The normalized spacial score (nSPS) is 10.2. The molecule has 0 atom stereocenters. The Morgan fingerprint density at radius 2 is 2.00 bits per heavy atom. The van der Waals surface area contributed by atoms with Crippen LogP contribution in [0.2, 0.25) is 5.02 Å². The summed E-state index contributed by atoms with van der Waals surface area (Å²) in [6.45, 7) is 0. The van der Waals surface area contributed by atoms with Gasteiger partial charge in [-0.1, -0.05) is 11.6 Å². The van der Waals surface area contributed by atoms with Gasteiger partial charge in [0.25, 0.3) is 5.91 Å². The summed E-state index contributed by atoms with van der Waals surface area (Å²) < 4.78 is 14.1. The van der Waals surface area contributed by atoms with Crippen LogP contribution >= 0.6 is 27.5 Å². The summed E-state index contributed by atoms with van der Waals surface area (Å²) in [7, 11) is 0. The minimum Gasteiger partial charge on any atom is -0.321 e. The Bertz CT molecular complexity index is 739. The highest BCUT2D eigenvalue weighted by Gasteiger charge is 2.17. The minimum absolute atomic E-state index is 0.0371. The number of hydrogen-bond acceptors (Lipinski definition) is 3. The van der Waals surface area contributed by atoms with E-state index in [1.54, 1.807) is 12.1 Å². The Kier molecular flexibility index (Phi) is 4.54. The zero-order chi connectivity index (χ0) is 15.6. The van der Waals surface area contributed by atoms with E-state index < -0.39 is 22.3 Å². The van der Waals surface area contributed by atoms with Gasteiger partial charge in [0.2, 0.25) is 5.82 Å². The quantitative estimate of drug-likeness (QED) is 0.640. The molecule has 5 nitrogen and oxygen atoms in total. The fourth-order valence-corrected chi connectivity index (χ4v) is 2.10. The number of hydrogen-bond donors (Lipinski definition) is 1. The summed E-state index contributed by atoms with van der Waals surface area (Å²) in [6.07, 6.45) is 0. The van der Waals surface area contributed by atoms with Crippen LogP contribution in [0.3, 0.4) is 0 Å². The number of benzene rings is 2. The molecule has 0 radical (unpaired) electrons. The number of nitrogens with zero attached hydrogens (tertiary/aromatic N) is 1. The second-order valence-corrected chi connectivity index (χ2v) is 5.29. The number of carbonyl (C=O) groups excluding carboxylic acids is 1. The van der Waals surface area contributed by atoms with Gasteiger partial charge in [-0.15, -0.1) is 0 Å². The van der Waals surface area contributed by atoms with Crippen molar-refractivity contribution in [3.05, 3.63) is 67.4 Å². The average Bonchev–Trinajstić information content (AvgIpc) is 2.42. The molecule has 1 amide bonds. The average molecular weight is 374 g/mol. The molecule has 0 fully saturated rings. The standard InChI is InChI=1S/C13H7BrClFN2O3/c14-9-3-2-8(15)6-11(9)17-13(19)7-1-4-12(18(20)21)10(16)5-7/h1-6H,(H,17,19). The Hall–Kier alpha value is -1.99. The van der Waals surface area contributed by atoms with E-state index in [4.69, 9.17) is 11.6 Å². The van der Waals surface area contributed by atoms with Crippen molar-refractivity contribution in [2.24, 2.45) is 0 Å². The molecule has 1 N–H and O–H groups in total. The summed E-state index contributed by atoms with van der Waals surface area (Å²) in [6, 6.07) is 7.73. The molecule has 0 aliphatic rings. The van der Waals surface area contributed by atoms with Gasteiger partial charge in [0.15, 0.2) is 0 Å². The first-order chi connectivity index (χ1) is 9.88. The Labute approximate surface area is 132 Å². The maximum absolute atomic E-state index is 13.5. The predicted octanol–water partition coefficient (Wildman–Crippen LogP) is 4.40. The van der Waals surface area contributed by atoms with Crippen molar-refractivity contribution in [3.8, 4) is 0 Å². The van der Waals surface area contributed by atoms with Crippen molar-refractivity contribution < 1.29 is 14.1 Å². The Morgan fingerprint density at radius 3 is 2.62 bits per heavy atom. The molecule has 0 spiro atoms. The lowest BCUT2D eigenvalue weighted by atomic mass is 10.2. The van der Waals surface area contributed by atoms with Crippen LogP contribution in [0.25, 0.3) is 0 Å². The van der Waals surface area contributed by atoms with Crippen molar-refractivity contribution in [2.45, 2.75) is 0 Å². The zero-order valence-electron chi connectivity index (χ0n) is 10.3. The molecular formula is C13H7BrClFN2O3. The molecule has 21 heavy (non-hydrogen) atoms. The first-order valence-corrected chi connectivity index (χ1v) is 6.76. The van der Waals surface area contributed by atoms with Gasteiger partial charge >= 0.3 is 5.69 Å². The lowest BCUT2D eigenvalue weighted by Gasteiger charge is -2.08. The monoisotopic (exact) mass is 372 g/mol. The van der Waals surface area contributed by atoms with Gasteiger partial charge in [-0.3, -0.25) is 14.9 Å². The van der Waals surface area contributed by atoms with Crippen LogP contribution < -0.4 is 5.32 Å². The number of amides is 1. The Balaban J connectivity index is 2.26. The van der Waals surface area contributed by atoms with E-state index in [9.17, 15) is 19.3 Å². The van der Waals surface area contributed by atoms with E-state index in [2.05, 4.69) is 21.2 Å². The molecule has 0 aliphatic carbocycles. The molecular weight excluding hydrogens is 367 g/mol. The molecule has 0 heterocycles. The van der Waals surface area contributed by atoms with Gasteiger partial charge in [-0.05, 0) is 46.3 Å². The Morgan fingerprint density at radius 1 is 1.29 bits per heavy atom. The highest BCUT2D eigenvalue weighted by Crippen LogP contribution is 2.26. The molecule has 2 aromatic rings. The van der Waals surface area contributed by atoms with Crippen LogP contribution in [0.1, 0.15) is 10.4 Å². The second kappa shape index (κ2) is 6.19. The van der Waals surface area contributed by atoms with Crippen LogP contribution in [0.5, 0.6) is 0 Å². The summed E-state index contributed by atoms with van der Waals surface area (Å²) in [4.78, 5) is 21.7. The van der Waals surface area contributed by atoms with E-state index in [0.29, 0.717) is 15.2 Å². The predicted molar refractivity (Wildman–Crippen MR) is 80.2 cm³/mol. The van der Waals surface area contributed by atoms with Crippen molar-refractivity contribution in [2.75, 3.05) is 5.32 Å². The topological polar surface area (TPSA) is 72.2 Å². The van der Waals surface area contributed by atoms with E-state index in [-0.39, 0.29) is 5.56 Å². The van der Waals surface area contributed by atoms with Crippen molar-refractivity contribution >= 4 is 44.8 Å². The summed E-state index contributed by atoms with van der Waals surface area (Å²) >= 11 is 9.06. The molecule has 0 saturated carbocycles. The van der Waals surface area contributed by atoms with Crippen LogP contribution in [0, 0.1) is 15.9 Å². The first-order valence-electron chi connectivity index (χ1n) is 5.59. The summed E-state index contributed by atoms with van der Waals surface area (Å²) in [5.41, 5.74) is -0.313. The summed E-state index contributed by atoms with van der Waals surface area (Å²) in [5, 5.41) is 13.5. The van der Waals surface area contributed by atoms with Crippen molar-refractivity contribution in [1.82, 2.24) is 0 Å². The minimum atomic E-state index is -1.07. The molecule has 2 aromatic carbocycles. The molecule has 2 rings (SSSR count). The van der Waals surface area contributed by atoms with E-state index in [0.717, 1.165) is 12.1 Å². The van der Waals surface area contributed by atoms with Crippen LogP contribution in [-0.2, 0) is 0 Å². The fourth-order valence-electron chi connectivity index (χ4n) is 1.58. The highest BCUT2D eigenvalue weighted by atomic mass is 79.9. The molecule has 8 heteroatoms. The lowest BCUT2D eigenvalue weighted by Crippen LogP contribution is -2.12. The van der Waals surface area contributed by atoms with Gasteiger partial charge in [-0.25, -0.2) is 0 Å². The number of nitro groups is 1. The van der Waals surface area contributed by atoms with Crippen LogP contribution in [0.15, 0.2) is 40.9 Å². The van der Waals surface area contributed by atoms with Gasteiger partial charge in [-0.2, -0.15) is 4.39 Å². The largest absolute Gasteiger partial charge is 0.321 e. The van der Waals surface area contributed by atoms with Crippen LogP contribution in [0.4, 0.5) is 15.8 Å². The molecule has 0 aliphatic heterocycles. The molecule has 0 bridgehead atoms. The molecule has 108 valence electrons. The SMILES string of the molecule is O=C(Nc1cc(Cl)ccc1Br)c1ccc([N+](=O)[O-])c(F)c1. The summed E-state index contributed by atoms with van der Waals surface area (Å²) in [5.74, 6) is -1.68. The zero-order valence-corrected chi connectivity index (χ0v) is 12.6. The number of nitrogens with one attached hydrogen (secondary N) is 1. The molecule has 0 aromatic heterocycles. The maximum Gasteiger partial charge on any atom is 0.304 e. The number of rotatable bonds is 3.